The van der Waals surface area contributed by atoms with E-state index < -0.39 is 33.4 Å². The normalized spacial score (nSPS) is 11.9. The maximum absolute atomic E-state index is 14.6. The molecule has 11 nitrogen and oxygen atoms in total. The number of nitro groups is 1. The van der Waals surface area contributed by atoms with Crippen LogP contribution in [0.3, 0.4) is 0 Å². The molecule has 252 valence electrons. The molecular formula is C36H40N4O7S. The molecule has 0 saturated heterocycles. The van der Waals surface area contributed by atoms with Crippen molar-refractivity contribution in [3.05, 3.63) is 129 Å². The number of hydrogen-bond donors (Lipinski definition) is 1. The Morgan fingerprint density at radius 3 is 2.12 bits per heavy atom. The largest absolute Gasteiger partial charge is 0.497 e. The Kier molecular flexibility index (Phi) is 11.6. The van der Waals surface area contributed by atoms with Gasteiger partial charge in [0.05, 0.1) is 22.6 Å². The predicted octanol–water partition coefficient (Wildman–Crippen LogP) is 5.58. The number of nitrogens with zero attached hydrogens (tertiary/aromatic N) is 3. The topological polar surface area (TPSA) is 139 Å². The van der Waals surface area contributed by atoms with Crippen LogP contribution >= 0.6 is 0 Å². The summed E-state index contributed by atoms with van der Waals surface area (Å²) in [5, 5.41) is 14.6. The van der Waals surface area contributed by atoms with Crippen molar-refractivity contribution in [1.29, 1.82) is 0 Å². The molecule has 0 aliphatic rings. The van der Waals surface area contributed by atoms with Gasteiger partial charge in [-0.25, -0.2) is 8.42 Å². The summed E-state index contributed by atoms with van der Waals surface area (Å²) in [6, 6.07) is 25.3. The Morgan fingerprint density at radius 1 is 0.896 bits per heavy atom. The molecule has 1 N–H and O–H groups in total. The fraction of sp³-hybridized carbons (Fsp3) is 0.278. The van der Waals surface area contributed by atoms with Crippen LogP contribution in [0.5, 0.6) is 5.75 Å². The summed E-state index contributed by atoms with van der Waals surface area (Å²) in [5.74, 6) is -0.568. The molecule has 0 saturated carbocycles. The number of carbonyl (C=O) groups excluding carboxylic acids is 2. The van der Waals surface area contributed by atoms with Gasteiger partial charge in [-0.05, 0) is 69.2 Å². The first kappa shape index (κ1) is 35.6. The standard InChI is InChI=1S/C36H40N4O7S/c1-25(2)37-36(42)34(21-28-9-7-6-8-10-28)38(23-29-14-11-26(3)12-15-29)35(41)24-39(30-16-18-31(47-5)19-17-30)48(45,46)32-20-13-27(4)33(22-32)40(43)44/h6-20,22,25,34H,21,23-24H2,1-5H3,(H,37,42). The summed E-state index contributed by atoms with van der Waals surface area (Å²) in [4.78, 5) is 40.5. The first-order valence-corrected chi connectivity index (χ1v) is 16.8. The van der Waals surface area contributed by atoms with Crippen molar-refractivity contribution >= 4 is 33.2 Å². The number of benzene rings is 4. The quantitative estimate of drug-likeness (QED) is 0.136. The van der Waals surface area contributed by atoms with Crippen molar-refractivity contribution in [2.75, 3.05) is 18.0 Å². The Morgan fingerprint density at radius 2 is 1.54 bits per heavy atom. The average Bonchev–Trinajstić information content (AvgIpc) is 3.06. The summed E-state index contributed by atoms with van der Waals surface area (Å²) in [7, 11) is -3.07. The molecule has 1 unspecified atom stereocenters. The van der Waals surface area contributed by atoms with Crippen LogP contribution in [0.2, 0.25) is 0 Å². The Bertz CT molecular complexity index is 1850. The second-order valence-corrected chi connectivity index (χ2v) is 13.7. The number of ether oxygens (including phenoxy) is 1. The minimum atomic E-state index is -4.54. The minimum absolute atomic E-state index is 0.0225. The first-order chi connectivity index (χ1) is 22.8. The zero-order valence-electron chi connectivity index (χ0n) is 27.6. The maximum atomic E-state index is 14.6. The number of aryl methyl sites for hydroxylation is 2. The highest BCUT2D eigenvalue weighted by Crippen LogP contribution is 2.30. The van der Waals surface area contributed by atoms with Crippen LogP contribution in [-0.2, 0) is 32.6 Å². The van der Waals surface area contributed by atoms with E-state index in [1.807, 2.05) is 75.4 Å². The summed E-state index contributed by atoms with van der Waals surface area (Å²) in [6.07, 6.45) is 0.177. The van der Waals surface area contributed by atoms with E-state index in [0.717, 1.165) is 27.1 Å². The molecule has 0 bridgehead atoms. The maximum Gasteiger partial charge on any atom is 0.273 e. The number of amides is 2. The van der Waals surface area contributed by atoms with Crippen LogP contribution in [0.1, 0.15) is 36.1 Å². The van der Waals surface area contributed by atoms with Crippen molar-refractivity contribution in [1.82, 2.24) is 10.2 Å². The van der Waals surface area contributed by atoms with E-state index >= 15 is 0 Å². The van der Waals surface area contributed by atoms with Crippen LogP contribution in [0.4, 0.5) is 11.4 Å². The molecule has 0 aliphatic heterocycles. The minimum Gasteiger partial charge on any atom is -0.497 e. The second-order valence-electron chi connectivity index (χ2n) is 11.8. The van der Waals surface area contributed by atoms with Crippen LogP contribution in [0.25, 0.3) is 0 Å². The third-order valence-electron chi connectivity index (χ3n) is 7.78. The number of rotatable bonds is 14. The predicted molar refractivity (Wildman–Crippen MR) is 184 cm³/mol. The van der Waals surface area contributed by atoms with Gasteiger partial charge < -0.3 is 15.0 Å². The van der Waals surface area contributed by atoms with E-state index in [1.54, 1.807) is 12.1 Å². The molecule has 4 aromatic carbocycles. The summed E-state index contributed by atoms with van der Waals surface area (Å²) >= 11 is 0. The van der Waals surface area contributed by atoms with Crippen LogP contribution in [0, 0.1) is 24.0 Å². The van der Waals surface area contributed by atoms with E-state index in [2.05, 4.69) is 5.32 Å². The second kappa shape index (κ2) is 15.6. The Labute approximate surface area is 281 Å². The third kappa shape index (κ3) is 8.77. The van der Waals surface area contributed by atoms with Gasteiger partial charge in [0, 0.05) is 30.6 Å². The molecule has 0 heterocycles. The van der Waals surface area contributed by atoms with Crippen molar-refractivity contribution in [2.24, 2.45) is 0 Å². The number of nitro benzene ring substituents is 1. The van der Waals surface area contributed by atoms with Crippen LogP contribution in [0.15, 0.2) is 102 Å². The highest BCUT2D eigenvalue weighted by atomic mass is 32.2. The lowest BCUT2D eigenvalue weighted by atomic mass is 10.0. The summed E-state index contributed by atoms with van der Waals surface area (Å²) < 4.78 is 34.7. The zero-order valence-corrected chi connectivity index (χ0v) is 28.4. The number of carbonyl (C=O) groups is 2. The number of methoxy groups -OCH3 is 1. The van der Waals surface area contributed by atoms with Gasteiger partial charge in [0.1, 0.15) is 18.3 Å². The molecule has 0 aliphatic carbocycles. The van der Waals surface area contributed by atoms with Gasteiger partial charge in [-0.3, -0.25) is 24.0 Å². The molecule has 0 fully saturated rings. The van der Waals surface area contributed by atoms with Gasteiger partial charge in [-0.15, -0.1) is 0 Å². The summed E-state index contributed by atoms with van der Waals surface area (Å²) in [6.45, 7) is 6.42. The smallest absolute Gasteiger partial charge is 0.273 e. The van der Waals surface area contributed by atoms with Gasteiger partial charge in [-0.2, -0.15) is 0 Å². The fourth-order valence-electron chi connectivity index (χ4n) is 5.18. The molecule has 4 rings (SSSR count). The highest BCUT2D eigenvalue weighted by Gasteiger charge is 2.35. The molecule has 2 amide bonds. The van der Waals surface area contributed by atoms with Crippen molar-refractivity contribution < 1.29 is 27.7 Å². The average molecular weight is 673 g/mol. The molecular weight excluding hydrogens is 632 g/mol. The van der Waals surface area contributed by atoms with E-state index in [-0.39, 0.29) is 46.7 Å². The highest BCUT2D eigenvalue weighted by molar-refractivity contribution is 7.92. The molecule has 1 atom stereocenters. The zero-order chi connectivity index (χ0) is 35.0. The lowest BCUT2D eigenvalue weighted by Crippen LogP contribution is -2.54. The van der Waals surface area contributed by atoms with Gasteiger partial charge >= 0.3 is 0 Å². The van der Waals surface area contributed by atoms with Crippen LogP contribution in [-0.4, -0.2) is 55.8 Å². The molecule has 0 aromatic heterocycles. The SMILES string of the molecule is COc1ccc(N(CC(=O)N(Cc2ccc(C)cc2)C(Cc2ccccc2)C(=O)NC(C)C)S(=O)(=O)c2ccc(C)c([N+](=O)[O-])c2)cc1. The van der Waals surface area contributed by atoms with Crippen molar-refractivity contribution in [2.45, 2.75) is 57.6 Å². The molecule has 0 spiro atoms. The van der Waals surface area contributed by atoms with E-state index in [1.165, 1.54) is 43.2 Å². The third-order valence-corrected chi connectivity index (χ3v) is 9.55. The van der Waals surface area contributed by atoms with Gasteiger partial charge in [0.15, 0.2) is 0 Å². The lowest BCUT2D eigenvalue weighted by Gasteiger charge is -2.34. The number of hydrogen-bond acceptors (Lipinski definition) is 7. The molecule has 4 aromatic rings. The van der Waals surface area contributed by atoms with Crippen molar-refractivity contribution in [3.63, 3.8) is 0 Å². The number of nitrogens with one attached hydrogen (secondary N) is 1. The van der Waals surface area contributed by atoms with E-state index in [4.69, 9.17) is 4.74 Å². The molecule has 12 heteroatoms. The van der Waals surface area contributed by atoms with Gasteiger partial charge in [0.2, 0.25) is 11.8 Å². The summed E-state index contributed by atoms with van der Waals surface area (Å²) in [5.41, 5.74) is 2.63. The van der Waals surface area contributed by atoms with Gasteiger partial charge in [-0.1, -0.05) is 66.2 Å². The fourth-order valence-corrected chi connectivity index (χ4v) is 6.61. The number of anilines is 1. The Hall–Kier alpha value is -5.23. The molecule has 48 heavy (non-hydrogen) atoms. The number of sulfonamides is 1. The lowest BCUT2D eigenvalue weighted by molar-refractivity contribution is -0.385. The van der Waals surface area contributed by atoms with Crippen molar-refractivity contribution in [3.8, 4) is 5.75 Å². The Balaban J connectivity index is 1.84. The monoisotopic (exact) mass is 672 g/mol. The van der Waals surface area contributed by atoms with Gasteiger partial charge in [0.25, 0.3) is 15.7 Å². The first-order valence-electron chi connectivity index (χ1n) is 15.4. The van der Waals surface area contributed by atoms with E-state index in [9.17, 15) is 28.1 Å². The van der Waals surface area contributed by atoms with Crippen LogP contribution < -0.4 is 14.4 Å². The van der Waals surface area contributed by atoms with E-state index in [0.29, 0.717) is 5.75 Å². The molecule has 0 radical (unpaired) electrons.